The molecule has 100 valence electrons. The van der Waals surface area contributed by atoms with Crippen molar-refractivity contribution in [2.45, 2.75) is 44.2 Å². The molecule has 1 saturated heterocycles. The molecule has 0 amide bonds. The van der Waals surface area contributed by atoms with Crippen LogP contribution in [0.25, 0.3) is 0 Å². The van der Waals surface area contributed by atoms with E-state index in [1.165, 1.54) is 12.8 Å². The molecule has 4 atom stereocenters. The minimum Gasteiger partial charge on any atom is -1.00 e. The summed E-state index contributed by atoms with van der Waals surface area (Å²) < 4.78 is 4.81. The van der Waals surface area contributed by atoms with E-state index in [0.717, 1.165) is 6.54 Å². The fourth-order valence-corrected chi connectivity index (χ4v) is 1.23. The summed E-state index contributed by atoms with van der Waals surface area (Å²) in [7, 11) is 0. The second-order valence-electron chi connectivity index (χ2n) is 3.75. The average Bonchev–Trinajstić information content (AvgIpc) is 2.28. The molecule has 1 rings (SSSR count). The zero-order valence-electron chi connectivity index (χ0n) is 11.6. The van der Waals surface area contributed by atoms with E-state index in [1.807, 2.05) is 0 Å². The van der Waals surface area contributed by atoms with E-state index in [1.54, 1.807) is 0 Å². The molecule has 1 aliphatic rings. The molecule has 1 aliphatic heterocycles. The summed E-state index contributed by atoms with van der Waals surface area (Å²) in [5.74, 6) is 0. The number of hydrogen-bond donors (Lipinski definition) is 5. The molecule has 6 nitrogen and oxygen atoms in total. The van der Waals surface area contributed by atoms with Crippen molar-refractivity contribution < 1.29 is 56.1 Å². The normalized spacial score (nSPS) is 32.1. The number of nitrogens with two attached hydrogens (primary N) is 1. The minimum atomic E-state index is -1.22. The summed E-state index contributed by atoms with van der Waals surface area (Å²) in [6, 6.07) is 0. The topological polar surface area (TPSA) is 116 Å². The molecule has 6 N–H and O–H groups in total. The van der Waals surface area contributed by atoms with Crippen LogP contribution < -0.4 is 35.3 Å². The van der Waals surface area contributed by atoms with Crippen molar-refractivity contribution in [1.29, 1.82) is 0 Å². The van der Waals surface area contributed by atoms with E-state index in [0.29, 0.717) is 0 Å². The largest absolute Gasteiger partial charge is 1.00 e. The zero-order chi connectivity index (χ0) is 12.6. The number of rotatable bonds is 3. The van der Waals surface area contributed by atoms with Gasteiger partial charge in [-0.2, -0.15) is 0 Å². The molecule has 0 unspecified atom stereocenters. The molecule has 0 radical (unpaired) electrons. The van der Waals surface area contributed by atoms with Gasteiger partial charge in [0.25, 0.3) is 0 Å². The van der Waals surface area contributed by atoms with Crippen LogP contribution in [0.2, 0.25) is 0 Å². The van der Waals surface area contributed by atoms with Crippen molar-refractivity contribution in [2.24, 2.45) is 5.73 Å². The maximum absolute atomic E-state index is 9.11. The van der Waals surface area contributed by atoms with Gasteiger partial charge in [-0.15, -0.1) is 0 Å². The van der Waals surface area contributed by atoms with Crippen molar-refractivity contribution >= 4 is 0 Å². The van der Waals surface area contributed by atoms with Crippen LogP contribution in [0.1, 0.15) is 21.2 Å². The summed E-state index contributed by atoms with van der Waals surface area (Å²) in [4.78, 5) is 0. The number of hydrogen-bond acceptors (Lipinski definition) is 6. The average molecular weight is 261 g/mol. The predicted octanol–water partition coefficient (Wildman–Crippen LogP) is -4.68. The fourth-order valence-electron chi connectivity index (χ4n) is 1.23. The minimum absolute atomic E-state index is 0. The Morgan fingerprint density at radius 1 is 1.29 bits per heavy atom. The maximum atomic E-state index is 9.11. The van der Waals surface area contributed by atoms with Crippen molar-refractivity contribution in [3.63, 3.8) is 0 Å². The van der Waals surface area contributed by atoms with E-state index in [4.69, 9.17) is 30.9 Å². The molecule has 17 heavy (non-hydrogen) atoms. The molecule has 0 spiro atoms. The van der Waals surface area contributed by atoms with Gasteiger partial charge in [-0.3, -0.25) is 0 Å². The first kappa shape index (κ1) is 20.1. The summed E-state index contributed by atoms with van der Waals surface area (Å²) in [5, 5.41) is 35.7. The third-order valence-electron chi connectivity index (χ3n) is 2.34. The molecule has 0 aromatic carbocycles. The van der Waals surface area contributed by atoms with Crippen molar-refractivity contribution in [3.05, 3.63) is 0 Å². The van der Waals surface area contributed by atoms with E-state index in [9.17, 15) is 0 Å². The molecule has 0 aromatic rings. The predicted molar refractivity (Wildman–Crippen MR) is 59.9 cm³/mol. The van der Waals surface area contributed by atoms with Crippen LogP contribution in [-0.4, -0.2) is 64.6 Å². The van der Waals surface area contributed by atoms with E-state index >= 15 is 0 Å². The number of unbranched alkanes of at least 4 members (excludes halogenated alkanes) is 1. The Labute approximate surface area is 126 Å². The Hall–Kier alpha value is 0.760. The van der Waals surface area contributed by atoms with Gasteiger partial charge in [0.05, 0.1) is 13.2 Å². The maximum Gasteiger partial charge on any atom is 1.00 e. The summed E-state index contributed by atoms with van der Waals surface area (Å²) in [6.07, 6.45) is -1.89. The van der Waals surface area contributed by atoms with Gasteiger partial charge in [-0.25, -0.2) is 0 Å². The third-order valence-corrected chi connectivity index (χ3v) is 2.34. The van der Waals surface area contributed by atoms with Gasteiger partial charge in [-0.1, -0.05) is 13.3 Å². The van der Waals surface area contributed by atoms with Gasteiger partial charge in [0.1, 0.15) is 24.4 Å². The van der Waals surface area contributed by atoms with Crippen LogP contribution in [0, 0.1) is 0 Å². The van der Waals surface area contributed by atoms with Crippen LogP contribution in [0.3, 0.4) is 0 Å². The van der Waals surface area contributed by atoms with Crippen LogP contribution in [-0.2, 0) is 4.74 Å². The van der Waals surface area contributed by atoms with Crippen LogP contribution in [0.15, 0.2) is 0 Å². The van der Waals surface area contributed by atoms with Crippen molar-refractivity contribution in [1.82, 2.24) is 0 Å². The molecule has 0 saturated carbocycles. The molecule has 0 bridgehead atoms. The van der Waals surface area contributed by atoms with Gasteiger partial charge in [0, 0.05) is 0 Å². The van der Waals surface area contributed by atoms with Gasteiger partial charge in [-0.05, 0) is 13.0 Å². The Kier molecular flexibility index (Phi) is 14.0. The third kappa shape index (κ3) is 7.71. The first-order valence-corrected chi connectivity index (χ1v) is 5.55. The quantitative estimate of drug-likeness (QED) is 0.326. The first-order chi connectivity index (χ1) is 7.58. The molecule has 0 aromatic heterocycles. The Balaban J connectivity index is -0.000000282. The second-order valence-corrected chi connectivity index (χ2v) is 3.75. The summed E-state index contributed by atoms with van der Waals surface area (Å²) >= 11 is 0. The van der Waals surface area contributed by atoms with Gasteiger partial charge in [0.15, 0.2) is 0 Å². The Bertz CT molecular complexity index is 176. The number of aliphatic hydroxyl groups is 4. The van der Waals surface area contributed by atoms with E-state index in [-0.39, 0.29) is 44.2 Å². The molecule has 1 heterocycles. The standard InChI is InChI=1S/C6H12O5.C4H11N.Na.H/c7-1-4-6(10)5(9)3(8)2-11-4;1-2-3-4-5;;/h3-10H,1-2H2;2-5H2,1H3;;/q;;+1;-1/t3-,4+,5+,6+;;;/m0.../s1. The monoisotopic (exact) mass is 261 g/mol. The zero-order valence-corrected chi connectivity index (χ0v) is 12.6. The number of ether oxygens (including phenoxy) is 1. The van der Waals surface area contributed by atoms with Crippen LogP contribution in [0.4, 0.5) is 0 Å². The SMILES string of the molecule is CCCCN.OC[C@H]1OC[C@H](O)[C@@H](O)[C@@H]1O.[H-].[Na+]. The van der Waals surface area contributed by atoms with Gasteiger partial charge < -0.3 is 32.3 Å². The Morgan fingerprint density at radius 3 is 2.24 bits per heavy atom. The van der Waals surface area contributed by atoms with Crippen LogP contribution >= 0.6 is 0 Å². The number of aliphatic hydroxyl groups excluding tert-OH is 4. The van der Waals surface area contributed by atoms with Crippen LogP contribution in [0.5, 0.6) is 0 Å². The second kappa shape index (κ2) is 11.8. The van der Waals surface area contributed by atoms with Crippen molar-refractivity contribution in [2.75, 3.05) is 19.8 Å². The van der Waals surface area contributed by atoms with Crippen molar-refractivity contribution in [3.8, 4) is 0 Å². The molecule has 0 aliphatic carbocycles. The molecule has 7 heteroatoms. The van der Waals surface area contributed by atoms with Gasteiger partial charge in [0.2, 0.25) is 0 Å². The molecular formula is C10H24NNaO5. The molecular weight excluding hydrogens is 237 g/mol. The van der Waals surface area contributed by atoms with Gasteiger partial charge >= 0.3 is 29.6 Å². The summed E-state index contributed by atoms with van der Waals surface area (Å²) in [6.45, 7) is 2.57. The smallest absolute Gasteiger partial charge is 1.00 e. The Morgan fingerprint density at radius 2 is 1.88 bits per heavy atom. The van der Waals surface area contributed by atoms with E-state index in [2.05, 4.69) is 6.92 Å². The first-order valence-electron chi connectivity index (χ1n) is 5.55. The van der Waals surface area contributed by atoms with E-state index < -0.39 is 24.4 Å². The fraction of sp³-hybridized carbons (Fsp3) is 1.00. The summed E-state index contributed by atoms with van der Waals surface area (Å²) in [5.41, 5.74) is 5.14. The molecule has 1 fully saturated rings.